The predicted octanol–water partition coefficient (Wildman–Crippen LogP) is 4.12. The lowest BCUT2D eigenvalue weighted by molar-refractivity contribution is -0.108. The number of halogens is 1. The molecule has 8 heteroatoms. The second-order valence-corrected chi connectivity index (χ2v) is 7.13. The minimum absolute atomic E-state index is 0.205. The molecule has 0 saturated heterocycles. The monoisotopic (exact) mass is 461 g/mol. The van der Waals surface area contributed by atoms with Gasteiger partial charge < -0.3 is 20.5 Å². The molecule has 2 aromatic heterocycles. The van der Waals surface area contributed by atoms with E-state index in [2.05, 4.69) is 36.6 Å². The van der Waals surface area contributed by atoms with Gasteiger partial charge in [-0.1, -0.05) is 26.0 Å². The lowest BCUT2D eigenvalue weighted by Gasteiger charge is -2.11. The normalized spacial score (nSPS) is 12.4. The molecule has 3 aromatic rings. The Labute approximate surface area is 179 Å². The van der Waals surface area contributed by atoms with E-state index < -0.39 is 0 Å². The number of aromatic nitrogens is 3. The molecule has 1 aromatic carbocycles. The highest BCUT2D eigenvalue weighted by molar-refractivity contribution is 9.10. The van der Waals surface area contributed by atoms with Crippen LogP contribution in [0.15, 0.2) is 41.0 Å². The summed E-state index contributed by atoms with van der Waals surface area (Å²) < 4.78 is 2.55. The largest absolute Gasteiger partial charge is 0.507 e. The quantitative estimate of drug-likeness (QED) is 0.377. The molecule has 1 saturated carbocycles. The number of nitrogens with zero attached hydrogens (tertiary/aromatic N) is 3. The Bertz CT molecular complexity index is 925. The predicted molar refractivity (Wildman–Crippen MR) is 120 cm³/mol. The number of phenols is 1. The Balaban J connectivity index is 0.000000367. The molecule has 7 nitrogen and oxygen atoms in total. The average Bonchev–Trinajstić information content (AvgIpc) is 3.53. The molecule has 0 spiro atoms. The Morgan fingerprint density at radius 2 is 2.00 bits per heavy atom. The van der Waals surface area contributed by atoms with Gasteiger partial charge in [-0.2, -0.15) is 9.61 Å². The van der Waals surface area contributed by atoms with Gasteiger partial charge in [0.1, 0.15) is 17.9 Å². The zero-order valence-corrected chi connectivity index (χ0v) is 18.6. The SMILES string of the molecule is CC.CNCCNc1cc(-c2ccccc2O)nc2c(Br)cnn12.O=CC1CC1. The van der Waals surface area contributed by atoms with Crippen LogP contribution in [0.25, 0.3) is 16.9 Å². The van der Waals surface area contributed by atoms with Gasteiger partial charge in [0.05, 0.1) is 16.4 Å². The van der Waals surface area contributed by atoms with Gasteiger partial charge >= 0.3 is 0 Å². The summed E-state index contributed by atoms with van der Waals surface area (Å²) in [6.45, 7) is 5.59. The summed E-state index contributed by atoms with van der Waals surface area (Å²) in [5.74, 6) is 1.48. The van der Waals surface area contributed by atoms with E-state index in [1.54, 1.807) is 22.8 Å². The van der Waals surface area contributed by atoms with Gasteiger partial charge in [-0.05, 0) is 48.0 Å². The van der Waals surface area contributed by atoms with E-state index in [0.29, 0.717) is 22.8 Å². The molecule has 3 N–H and O–H groups in total. The minimum Gasteiger partial charge on any atom is -0.507 e. The fourth-order valence-corrected chi connectivity index (χ4v) is 2.79. The Kier molecular flexibility index (Phi) is 9.08. The number of rotatable bonds is 6. The zero-order valence-electron chi connectivity index (χ0n) is 17.0. The van der Waals surface area contributed by atoms with E-state index in [1.165, 1.54) is 0 Å². The Morgan fingerprint density at radius 3 is 2.59 bits per heavy atom. The molecule has 1 aliphatic carbocycles. The molecule has 0 radical (unpaired) electrons. The number of aldehydes is 1. The minimum atomic E-state index is 0.205. The number of hydrogen-bond donors (Lipinski definition) is 3. The lowest BCUT2D eigenvalue weighted by atomic mass is 10.1. The summed E-state index contributed by atoms with van der Waals surface area (Å²) in [5.41, 5.74) is 2.08. The van der Waals surface area contributed by atoms with Crippen LogP contribution < -0.4 is 10.6 Å². The number of hydrogen-bond acceptors (Lipinski definition) is 6. The van der Waals surface area contributed by atoms with Crippen LogP contribution in [0.1, 0.15) is 26.7 Å². The van der Waals surface area contributed by atoms with Crippen molar-refractivity contribution in [3.05, 3.63) is 41.0 Å². The molecule has 29 heavy (non-hydrogen) atoms. The van der Waals surface area contributed by atoms with Gasteiger partial charge in [0, 0.05) is 30.6 Å². The van der Waals surface area contributed by atoms with Gasteiger partial charge in [0.15, 0.2) is 5.65 Å². The molecule has 1 fully saturated rings. The molecule has 1 aliphatic rings. The molecule has 0 unspecified atom stereocenters. The van der Waals surface area contributed by atoms with Gasteiger partial charge in [0.2, 0.25) is 0 Å². The van der Waals surface area contributed by atoms with Crippen LogP contribution in [-0.4, -0.2) is 46.1 Å². The Morgan fingerprint density at radius 1 is 1.28 bits per heavy atom. The number of carbonyl (C=O) groups is 1. The van der Waals surface area contributed by atoms with Crippen molar-refractivity contribution in [2.45, 2.75) is 26.7 Å². The number of nitrogens with one attached hydrogen (secondary N) is 2. The first-order valence-corrected chi connectivity index (χ1v) is 10.6. The van der Waals surface area contributed by atoms with Crippen molar-refractivity contribution in [1.82, 2.24) is 19.9 Å². The van der Waals surface area contributed by atoms with E-state index >= 15 is 0 Å². The number of para-hydroxylation sites is 1. The van der Waals surface area contributed by atoms with Crippen molar-refractivity contribution in [1.29, 1.82) is 0 Å². The van der Waals surface area contributed by atoms with E-state index in [1.807, 2.05) is 39.1 Å². The molecule has 0 atom stereocenters. The first-order valence-electron chi connectivity index (χ1n) is 9.80. The topological polar surface area (TPSA) is 91.5 Å². The third-order valence-corrected chi connectivity index (χ3v) is 4.66. The number of carbonyl (C=O) groups excluding carboxylic acids is 1. The van der Waals surface area contributed by atoms with Gasteiger partial charge in [-0.15, -0.1) is 0 Å². The fraction of sp³-hybridized carbons (Fsp3) is 0.381. The van der Waals surface area contributed by atoms with Crippen LogP contribution in [0.2, 0.25) is 0 Å². The molecule has 0 aliphatic heterocycles. The highest BCUT2D eigenvalue weighted by Gasteiger charge is 2.19. The zero-order chi connectivity index (χ0) is 21.2. The van der Waals surface area contributed by atoms with Crippen molar-refractivity contribution >= 4 is 33.7 Å². The summed E-state index contributed by atoms with van der Waals surface area (Å²) in [5, 5.41) is 20.8. The van der Waals surface area contributed by atoms with Crippen LogP contribution >= 0.6 is 15.9 Å². The van der Waals surface area contributed by atoms with Crippen molar-refractivity contribution < 1.29 is 9.90 Å². The molecule has 0 amide bonds. The highest BCUT2D eigenvalue weighted by atomic mass is 79.9. The van der Waals surface area contributed by atoms with Crippen LogP contribution in [0, 0.1) is 5.92 Å². The van der Waals surface area contributed by atoms with Crippen molar-refractivity contribution in [2.24, 2.45) is 5.92 Å². The maximum Gasteiger partial charge on any atom is 0.172 e. The van der Waals surface area contributed by atoms with Crippen LogP contribution in [0.3, 0.4) is 0 Å². The third kappa shape index (κ3) is 6.27. The summed E-state index contributed by atoms with van der Waals surface area (Å²) in [6.07, 6.45) is 5.02. The van der Waals surface area contributed by atoms with Gasteiger partial charge in [-0.3, -0.25) is 0 Å². The van der Waals surface area contributed by atoms with Crippen LogP contribution in [-0.2, 0) is 4.79 Å². The van der Waals surface area contributed by atoms with Gasteiger partial charge in [-0.25, -0.2) is 4.98 Å². The maximum atomic E-state index is 10.1. The maximum absolute atomic E-state index is 10.1. The van der Waals surface area contributed by atoms with E-state index in [0.717, 1.165) is 42.5 Å². The van der Waals surface area contributed by atoms with Crippen molar-refractivity contribution in [3.8, 4) is 17.0 Å². The summed E-state index contributed by atoms with van der Waals surface area (Å²) in [7, 11) is 1.90. The standard InChI is InChI=1S/C15H16BrN5O.C4H6O.C2H6/c1-17-6-7-18-14-8-12(10-4-2-3-5-13(10)22)20-15-11(16)9-19-21(14)15;5-3-4-1-2-4;1-2/h2-5,8-9,17-18,22H,6-7H2,1H3;3-4H,1-2H2;1-2H3. The fourth-order valence-electron chi connectivity index (χ4n) is 2.44. The van der Waals surface area contributed by atoms with Crippen molar-refractivity contribution in [3.63, 3.8) is 0 Å². The molecular weight excluding hydrogens is 434 g/mol. The van der Waals surface area contributed by atoms with E-state index in [9.17, 15) is 9.90 Å². The van der Waals surface area contributed by atoms with Crippen LogP contribution in [0.5, 0.6) is 5.75 Å². The number of benzene rings is 1. The molecule has 2 heterocycles. The lowest BCUT2D eigenvalue weighted by Crippen LogP contribution is -2.19. The average molecular weight is 462 g/mol. The first kappa shape index (κ1) is 22.8. The second kappa shape index (κ2) is 11.5. The number of phenolic OH excluding ortho intramolecular Hbond substituents is 1. The van der Waals surface area contributed by atoms with Crippen LogP contribution in [0.4, 0.5) is 5.82 Å². The summed E-state index contributed by atoms with van der Waals surface area (Å²) in [6, 6.07) is 9.05. The first-order chi connectivity index (χ1) is 14.1. The van der Waals surface area contributed by atoms with E-state index in [4.69, 9.17) is 0 Å². The second-order valence-electron chi connectivity index (χ2n) is 6.28. The molecular formula is C21H28BrN5O2. The summed E-state index contributed by atoms with van der Waals surface area (Å²) >= 11 is 3.46. The number of aromatic hydroxyl groups is 1. The van der Waals surface area contributed by atoms with E-state index in [-0.39, 0.29) is 5.75 Å². The number of likely N-dealkylation sites (N-methyl/N-ethyl adjacent to an activating group) is 1. The Hall–Kier alpha value is -2.45. The summed E-state index contributed by atoms with van der Waals surface area (Å²) in [4.78, 5) is 14.2. The molecule has 4 rings (SSSR count). The molecule has 156 valence electrons. The number of anilines is 1. The van der Waals surface area contributed by atoms with Crippen molar-refractivity contribution in [2.75, 3.05) is 25.5 Å². The number of fused-ring (bicyclic) bond motifs is 1. The van der Waals surface area contributed by atoms with Gasteiger partial charge in [0.25, 0.3) is 0 Å². The highest BCUT2D eigenvalue weighted by Crippen LogP contribution is 2.30. The molecule has 0 bridgehead atoms. The smallest absolute Gasteiger partial charge is 0.172 e. The third-order valence-electron chi connectivity index (χ3n) is 4.10.